The molecule has 1 amide bonds. The molecule has 0 aliphatic heterocycles. The lowest BCUT2D eigenvalue weighted by Crippen LogP contribution is -2.46. The van der Waals surface area contributed by atoms with Gasteiger partial charge in [-0.3, -0.25) is 4.79 Å². The van der Waals surface area contributed by atoms with Crippen LogP contribution < -0.4 is 16.0 Å². The Bertz CT molecular complexity index is 361. The number of rotatable bonds is 4. The molecule has 7 heteroatoms. The third-order valence-electron chi connectivity index (χ3n) is 3.28. The molecule has 22 heavy (non-hydrogen) atoms. The van der Waals surface area contributed by atoms with Crippen molar-refractivity contribution < 1.29 is 9.90 Å². The molecule has 0 aromatic heterocycles. The Morgan fingerprint density at radius 2 is 1.82 bits per heavy atom. The Morgan fingerprint density at radius 3 is 2.32 bits per heavy atom. The summed E-state index contributed by atoms with van der Waals surface area (Å²) < 4.78 is 0. The van der Waals surface area contributed by atoms with Crippen LogP contribution in [0.2, 0.25) is 0 Å². The summed E-state index contributed by atoms with van der Waals surface area (Å²) in [6.07, 6.45) is 3.34. The summed E-state index contributed by atoms with van der Waals surface area (Å²) in [5.74, 6) is 0.585. The van der Waals surface area contributed by atoms with E-state index in [1.165, 1.54) is 0 Å². The van der Waals surface area contributed by atoms with Gasteiger partial charge >= 0.3 is 0 Å². The first-order chi connectivity index (χ1) is 9.80. The molecule has 0 unspecified atom stereocenters. The molecule has 4 N–H and O–H groups in total. The zero-order chi connectivity index (χ0) is 15.9. The number of hydrogen-bond acceptors (Lipinski definition) is 3. The lowest BCUT2D eigenvalue weighted by molar-refractivity contribution is -0.121. The highest BCUT2D eigenvalue weighted by Gasteiger charge is 2.20. The van der Waals surface area contributed by atoms with Crippen molar-refractivity contribution in [3.8, 4) is 0 Å². The van der Waals surface area contributed by atoms with Gasteiger partial charge in [0.15, 0.2) is 5.96 Å². The highest BCUT2D eigenvalue weighted by atomic mass is 127. The average molecular weight is 426 g/mol. The normalized spacial score (nSPS) is 22.5. The molecule has 0 atom stereocenters. The summed E-state index contributed by atoms with van der Waals surface area (Å²) in [4.78, 5) is 16.1. The van der Waals surface area contributed by atoms with Crippen LogP contribution in [0.25, 0.3) is 0 Å². The molecule has 6 nitrogen and oxygen atoms in total. The van der Waals surface area contributed by atoms with Crippen LogP contribution in [-0.2, 0) is 4.79 Å². The fraction of sp³-hybridized carbons (Fsp3) is 0.867. The van der Waals surface area contributed by atoms with E-state index in [0.29, 0.717) is 12.0 Å². The monoisotopic (exact) mass is 426 g/mol. The van der Waals surface area contributed by atoms with Crippen LogP contribution in [0.3, 0.4) is 0 Å². The van der Waals surface area contributed by atoms with Crippen molar-refractivity contribution in [3.63, 3.8) is 0 Å². The summed E-state index contributed by atoms with van der Waals surface area (Å²) in [5.41, 5.74) is -0.238. The number of nitrogens with one attached hydrogen (secondary N) is 3. The van der Waals surface area contributed by atoms with E-state index in [2.05, 4.69) is 20.9 Å². The van der Waals surface area contributed by atoms with E-state index in [4.69, 9.17) is 0 Å². The van der Waals surface area contributed by atoms with E-state index in [1.54, 1.807) is 0 Å². The third-order valence-corrected chi connectivity index (χ3v) is 3.28. The summed E-state index contributed by atoms with van der Waals surface area (Å²) in [5, 5.41) is 18.9. The van der Waals surface area contributed by atoms with Gasteiger partial charge in [-0.25, -0.2) is 4.99 Å². The van der Waals surface area contributed by atoms with Gasteiger partial charge in [-0.15, -0.1) is 24.0 Å². The smallest absolute Gasteiger partial charge is 0.242 e. The maximum atomic E-state index is 11.8. The molecule has 0 spiro atoms. The highest BCUT2D eigenvalue weighted by Crippen LogP contribution is 2.18. The molecule has 0 heterocycles. The van der Waals surface area contributed by atoms with Crippen molar-refractivity contribution in [3.05, 3.63) is 0 Å². The van der Waals surface area contributed by atoms with E-state index in [1.807, 2.05) is 27.7 Å². The molecule has 0 radical (unpaired) electrons. The fourth-order valence-electron chi connectivity index (χ4n) is 2.34. The van der Waals surface area contributed by atoms with Crippen molar-refractivity contribution in [1.29, 1.82) is 0 Å². The molecular formula is C15H31IN4O2. The molecule has 1 rings (SSSR count). The van der Waals surface area contributed by atoms with Crippen LogP contribution in [0.15, 0.2) is 4.99 Å². The van der Waals surface area contributed by atoms with Gasteiger partial charge in [-0.05, 0) is 53.4 Å². The van der Waals surface area contributed by atoms with E-state index in [0.717, 1.165) is 32.2 Å². The van der Waals surface area contributed by atoms with Crippen LogP contribution in [0, 0.1) is 0 Å². The Hall–Kier alpha value is -0.570. The molecule has 0 aromatic rings. The third kappa shape index (κ3) is 9.45. The Kier molecular flexibility index (Phi) is 9.99. The van der Waals surface area contributed by atoms with Crippen molar-refractivity contribution >= 4 is 35.8 Å². The van der Waals surface area contributed by atoms with Crippen LogP contribution in [0.1, 0.15) is 53.4 Å². The van der Waals surface area contributed by atoms with Crippen molar-refractivity contribution in [1.82, 2.24) is 16.0 Å². The van der Waals surface area contributed by atoms with E-state index in [-0.39, 0.29) is 48.1 Å². The van der Waals surface area contributed by atoms with Crippen molar-refractivity contribution in [2.24, 2.45) is 4.99 Å². The Labute approximate surface area is 150 Å². The molecule has 0 aromatic carbocycles. The molecular weight excluding hydrogens is 395 g/mol. The molecule has 1 aliphatic carbocycles. The summed E-state index contributed by atoms with van der Waals surface area (Å²) in [6.45, 7) is 8.71. The minimum atomic E-state index is -0.238. The Morgan fingerprint density at radius 1 is 1.23 bits per heavy atom. The van der Waals surface area contributed by atoms with Crippen LogP contribution in [0.4, 0.5) is 0 Å². The molecule has 0 saturated heterocycles. The second kappa shape index (κ2) is 10.3. The number of halogens is 1. The number of aliphatic hydroxyl groups excluding tert-OH is 1. The van der Waals surface area contributed by atoms with Gasteiger partial charge in [0.25, 0.3) is 0 Å². The number of nitrogens with zero attached hydrogens (tertiary/aromatic N) is 1. The minimum Gasteiger partial charge on any atom is -0.393 e. The van der Waals surface area contributed by atoms with Gasteiger partial charge in [-0.2, -0.15) is 0 Å². The lowest BCUT2D eigenvalue weighted by atomic mass is 9.93. The highest BCUT2D eigenvalue weighted by molar-refractivity contribution is 14.0. The molecule has 130 valence electrons. The van der Waals surface area contributed by atoms with Crippen LogP contribution in [-0.4, -0.2) is 47.7 Å². The van der Waals surface area contributed by atoms with E-state index >= 15 is 0 Å². The van der Waals surface area contributed by atoms with Crippen molar-refractivity contribution in [2.45, 2.75) is 71.1 Å². The van der Waals surface area contributed by atoms with Crippen LogP contribution >= 0.6 is 24.0 Å². The predicted octanol–water partition coefficient (Wildman–Crippen LogP) is 1.38. The predicted molar refractivity (Wildman–Crippen MR) is 101 cm³/mol. The van der Waals surface area contributed by atoms with Gasteiger partial charge in [0.05, 0.1) is 6.10 Å². The molecule has 1 saturated carbocycles. The molecule has 1 aliphatic rings. The number of carbonyl (C=O) groups excluding carboxylic acids is 1. The van der Waals surface area contributed by atoms with E-state index in [9.17, 15) is 9.90 Å². The second-order valence-corrected chi connectivity index (χ2v) is 6.64. The second-order valence-electron chi connectivity index (χ2n) is 6.64. The zero-order valence-corrected chi connectivity index (χ0v) is 16.4. The van der Waals surface area contributed by atoms with Crippen LogP contribution in [0.5, 0.6) is 0 Å². The number of carbonyl (C=O) groups is 1. The number of aliphatic hydroxyl groups is 1. The Balaban J connectivity index is 0.00000441. The van der Waals surface area contributed by atoms with E-state index < -0.39 is 0 Å². The number of guanidine groups is 1. The van der Waals surface area contributed by atoms with Gasteiger partial charge in [-0.1, -0.05) is 0 Å². The number of aliphatic imine (C=N–C) groups is 1. The standard InChI is InChI=1S/C15H30N4O2.HI/c1-5-16-14(17-10-13(21)19-15(2,3)4)18-11-6-8-12(20)9-7-11;/h11-12,20H,5-10H2,1-4H3,(H,19,21)(H2,16,17,18);1H. The number of hydrogen-bond donors (Lipinski definition) is 4. The SMILES string of the molecule is CCNC(=NCC(=O)NC(C)(C)C)NC1CCC(O)CC1.I. The minimum absolute atomic E-state index is 0. The first kappa shape index (κ1) is 21.4. The zero-order valence-electron chi connectivity index (χ0n) is 14.1. The number of amides is 1. The van der Waals surface area contributed by atoms with Gasteiger partial charge in [0, 0.05) is 18.1 Å². The summed E-state index contributed by atoms with van der Waals surface area (Å²) in [7, 11) is 0. The first-order valence-electron chi connectivity index (χ1n) is 7.84. The quantitative estimate of drug-likeness (QED) is 0.311. The fourth-order valence-corrected chi connectivity index (χ4v) is 2.34. The lowest BCUT2D eigenvalue weighted by Gasteiger charge is -2.27. The largest absolute Gasteiger partial charge is 0.393 e. The average Bonchev–Trinajstić information content (AvgIpc) is 2.37. The molecule has 0 bridgehead atoms. The van der Waals surface area contributed by atoms with Crippen molar-refractivity contribution in [2.75, 3.05) is 13.1 Å². The van der Waals surface area contributed by atoms with Gasteiger partial charge in [0.2, 0.25) is 5.91 Å². The maximum Gasteiger partial charge on any atom is 0.242 e. The van der Waals surface area contributed by atoms with Gasteiger partial charge in [0.1, 0.15) is 6.54 Å². The first-order valence-corrected chi connectivity index (χ1v) is 7.84. The maximum absolute atomic E-state index is 11.8. The summed E-state index contributed by atoms with van der Waals surface area (Å²) in [6, 6.07) is 0.317. The van der Waals surface area contributed by atoms with Gasteiger partial charge < -0.3 is 21.1 Å². The summed E-state index contributed by atoms with van der Waals surface area (Å²) >= 11 is 0. The molecule has 1 fully saturated rings. The topological polar surface area (TPSA) is 85.8 Å².